The van der Waals surface area contributed by atoms with Gasteiger partial charge in [0.15, 0.2) is 9.84 Å². The third-order valence-electron chi connectivity index (χ3n) is 5.76. The SMILES string of the molecule is CCS(=O)(=O)c1ccc(CNC(=O)c2cc3c(s2)C2(CCNCC2)OC(C)C3)nc1.Cl.Cl. The van der Waals surface area contributed by atoms with Crippen molar-refractivity contribution in [3.05, 3.63) is 45.4 Å². The number of hydrogen-bond donors (Lipinski definition) is 2. The first-order valence-corrected chi connectivity index (χ1v) is 12.8. The predicted molar refractivity (Wildman–Crippen MR) is 130 cm³/mol. The minimum absolute atomic E-state index is 0. The molecule has 1 unspecified atom stereocenters. The molecular formula is C21H29Cl2N3O4S2. The molecule has 2 aliphatic heterocycles. The Bertz CT molecular complexity index is 1040. The zero-order valence-electron chi connectivity index (χ0n) is 18.0. The second-order valence-corrected chi connectivity index (χ2v) is 11.2. The van der Waals surface area contributed by atoms with Gasteiger partial charge in [-0.2, -0.15) is 0 Å². The topological polar surface area (TPSA) is 97.4 Å². The summed E-state index contributed by atoms with van der Waals surface area (Å²) in [6.07, 6.45) is 4.15. The van der Waals surface area contributed by atoms with Gasteiger partial charge in [0, 0.05) is 11.1 Å². The Morgan fingerprint density at radius 3 is 2.66 bits per heavy atom. The Balaban J connectivity index is 0.00000181. The molecule has 1 spiro atoms. The van der Waals surface area contributed by atoms with Crippen LogP contribution in [0.25, 0.3) is 0 Å². The number of rotatable bonds is 5. The molecule has 1 atom stereocenters. The molecule has 7 nitrogen and oxygen atoms in total. The van der Waals surface area contributed by atoms with E-state index in [1.807, 2.05) is 6.07 Å². The van der Waals surface area contributed by atoms with Crippen molar-refractivity contribution in [3.63, 3.8) is 0 Å². The summed E-state index contributed by atoms with van der Waals surface area (Å²) in [5, 5.41) is 6.29. The van der Waals surface area contributed by atoms with E-state index >= 15 is 0 Å². The second-order valence-electron chi connectivity index (χ2n) is 7.91. The highest BCUT2D eigenvalue weighted by molar-refractivity contribution is 7.91. The lowest BCUT2D eigenvalue weighted by Gasteiger charge is -2.43. The number of sulfone groups is 1. The Labute approximate surface area is 205 Å². The quantitative estimate of drug-likeness (QED) is 0.626. The van der Waals surface area contributed by atoms with Crippen LogP contribution in [-0.2, 0) is 33.1 Å². The fourth-order valence-corrected chi connectivity index (χ4v) is 6.29. The monoisotopic (exact) mass is 521 g/mol. The van der Waals surface area contributed by atoms with E-state index in [0.29, 0.717) is 10.6 Å². The number of aromatic nitrogens is 1. The maximum absolute atomic E-state index is 12.8. The smallest absolute Gasteiger partial charge is 0.261 e. The molecule has 11 heteroatoms. The molecule has 2 aromatic heterocycles. The van der Waals surface area contributed by atoms with Crippen LogP contribution >= 0.6 is 36.2 Å². The Morgan fingerprint density at radius 1 is 1.31 bits per heavy atom. The average molecular weight is 523 g/mol. The number of hydrogen-bond acceptors (Lipinski definition) is 7. The third kappa shape index (κ3) is 5.46. The number of carbonyl (C=O) groups is 1. The minimum atomic E-state index is -3.27. The van der Waals surface area contributed by atoms with Crippen LogP contribution in [0.5, 0.6) is 0 Å². The van der Waals surface area contributed by atoms with Crippen LogP contribution in [0.1, 0.15) is 52.5 Å². The van der Waals surface area contributed by atoms with Crippen molar-refractivity contribution in [2.75, 3.05) is 18.8 Å². The van der Waals surface area contributed by atoms with Crippen LogP contribution in [0, 0.1) is 0 Å². The first-order valence-electron chi connectivity index (χ1n) is 10.3. The summed E-state index contributed by atoms with van der Waals surface area (Å²) in [7, 11) is -3.27. The van der Waals surface area contributed by atoms with Crippen molar-refractivity contribution < 1.29 is 17.9 Å². The third-order valence-corrected chi connectivity index (χ3v) is 8.84. The van der Waals surface area contributed by atoms with E-state index < -0.39 is 9.84 Å². The van der Waals surface area contributed by atoms with Gasteiger partial charge in [-0.1, -0.05) is 6.92 Å². The Kier molecular flexibility index (Phi) is 9.12. The summed E-state index contributed by atoms with van der Waals surface area (Å²) < 4.78 is 30.2. The molecule has 4 heterocycles. The Hall–Kier alpha value is -1.23. The molecule has 0 aliphatic carbocycles. The van der Waals surface area contributed by atoms with Crippen molar-refractivity contribution in [2.45, 2.75) is 56.3 Å². The number of halogens is 2. The number of nitrogens with zero attached hydrogens (tertiary/aromatic N) is 1. The lowest BCUT2D eigenvalue weighted by atomic mass is 9.84. The van der Waals surface area contributed by atoms with Gasteiger partial charge >= 0.3 is 0 Å². The number of piperidine rings is 1. The molecule has 32 heavy (non-hydrogen) atoms. The number of pyridine rings is 1. The van der Waals surface area contributed by atoms with Gasteiger partial charge < -0.3 is 15.4 Å². The molecule has 2 aromatic rings. The van der Waals surface area contributed by atoms with Gasteiger partial charge in [0.05, 0.1) is 33.9 Å². The van der Waals surface area contributed by atoms with Crippen LogP contribution in [-0.4, -0.2) is 44.3 Å². The zero-order chi connectivity index (χ0) is 21.4. The molecule has 0 saturated carbocycles. The van der Waals surface area contributed by atoms with E-state index in [1.165, 1.54) is 34.0 Å². The lowest BCUT2D eigenvalue weighted by molar-refractivity contribution is -0.117. The van der Waals surface area contributed by atoms with Crippen LogP contribution < -0.4 is 10.6 Å². The first kappa shape index (κ1) is 27.0. The molecule has 178 valence electrons. The number of nitrogens with one attached hydrogen (secondary N) is 2. The summed E-state index contributed by atoms with van der Waals surface area (Å²) in [6.45, 7) is 5.78. The van der Waals surface area contributed by atoms with Crippen LogP contribution in [0.15, 0.2) is 29.3 Å². The van der Waals surface area contributed by atoms with Crippen molar-refractivity contribution >= 4 is 51.9 Å². The van der Waals surface area contributed by atoms with Gasteiger partial charge in [0.1, 0.15) is 5.60 Å². The fraction of sp³-hybridized carbons (Fsp3) is 0.524. The normalized spacial score (nSPS) is 19.4. The number of carbonyl (C=O) groups excluding carboxylic acids is 1. The number of ether oxygens (including phenoxy) is 1. The van der Waals surface area contributed by atoms with Crippen LogP contribution in [0.3, 0.4) is 0 Å². The number of amides is 1. The van der Waals surface area contributed by atoms with Gasteiger partial charge in [-0.3, -0.25) is 9.78 Å². The van der Waals surface area contributed by atoms with Gasteiger partial charge in [0.25, 0.3) is 5.91 Å². The second kappa shape index (κ2) is 10.8. The average Bonchev–Trinajstić information content (AvgIpc) is 3.18. The molecule has 2 aliphatic rings. The molecule has 2 N–H and O–H groups in total. The highest BCUT2D eigenvalue weighted by Gasteiger charge is 2.43. The van der Waals surface area contributed by atoms with E-state index in [2.05, 4.69) is 22.5 Å². The van der Waals surface area contributed by atoms with E-state index in [1.54, 1.807) is 13.0 Å². The van der Waals surface area contributed by atoms with E-state index in [-0.39, 0.29) is 59.6 Å². The van der Waals surface area contributed by atoms with Crippen LogP contribution in [0.2, 0.25) is 0 Å². The number of fused-ring (bicyclic) bond motifs is 2. The first-order chi connectivity index (χ1) is 14.3. The van der Waals surface area contributed by atoms with E-state index in [9.17, 15) is 13.2 Å². The Morgan fingerprint density at radius 2 is 2.03 bits per heavy atom. The largest absolute Gasteiger partial charge is 0.366 e. The maximum Gasteiger partial charge on any atom is 0.261 e. The lowest BCUT2D eigenvalue weighted by Crippen LogP contribution is -2.46. The van der Waals surface area contributed by atoms with Gasteiger partial charge in [-0.25, -0.2) is 8.42 Å². The van der Waals surface area contributed by atoms with Crippen molar-refractivity contribution in [1.29, 1.82) is 0 Å². The fourth-order valence-electron chi connectivity index (χ4n) is 4.17. The summed E-state index contributed by atoms with van der Waals surface area (Å²) in [4.78, 5) is 19.0. The molecule has 1 saturated heterocycles. The van der Waals surface area contributed by atoms with Gasteiger partial charge in [-0.15, -0.1) is 36.2 Å². The van der Waals surface area contributed by atoms with E-state index in [4.69, 9.17) is 4.74 Å². The molecular weight excluding hydrogens is 493 g/mol. The number of thiophene rings is 1. The molecule has 4 rings (SSSR count). The summed E-state index contributed by atoms with van der Waals surface area (Å²) >= 11 is 1.53. The van der Waals surface area contributed by atoms with Gasteiger partial charge in [-0.05, 0) is 63.0 Å². The zero-order valence-corrected chi connectivity index (χ0v) is 21.3. The standard InChI is InChI=1S/C21H27N3O4S2.2ClH/c1-3-30(26,27)17-5-4-16(23-13-17)12-24-20(25)18-11-15-10-14(2)28-21(19(15)29-18)6-8-22-9-7-21;;/h4-5,11,13-14,22H,3,6-10,12H2,1-2H3,(H,24,25);2*1H. The molecule has 1 fully saturated rings. The van der Waals surface area contributed by atoms with Crippen molar-refractivity contribution in [2.24, 2.45) is 0 Å². The summed E-state index contributed by atoms with van der Waals surface area (Å²) in [6, 6.07) is 5.18. The van der Waals surface area contributed by atoms with E-state index in [0.717, 1.165) is 32.4 Å². The molecule has 0 bridgehead atoms. The molecule has 1 amide bonds. The molecule has 0 aromatic carbocycles. The highest BCUT2D eigenvalue weighted by Crippen LogP contribution is 2.46. The van der Waals surface area contributed by atoms with Crippen molar-refractivity contribution in [1.82, 2.24) is 15.6 Å². The highest BCUT2D eigenvalue weighted by atomic mass is 35.5. The van der Waals surface area contributed by atoms with Crippen LogP contribution in [0.4, 0.5) is 0 Å². The molecule has 0 radical (unpaired) electrons. The minimum Gasteiger partial charge on any atom is -0.366 e. The predicted octanol–water partition coefficient (Wildman–Crippen LogP) is 3.25. The summed E-state index contributed by atoms with van der Waals surface area (Å²) in [5.41, 5.74) is 1.56. The van der Waals surface area contributed by atoms with Crippen molar-refractivity contribution in [3.8, 4) is 0 Å². The van der Waals surface area contributed by atoms with Gasteiger partial charge in [0.2, 0.25) is 0 Å². The summed E-state index contributed by atoms with van der Waals surface area (Å²) in [5.74, 6) is -0.105. The maximum atomic E-state index is 12.8.